The Bertz CT molecular complexity index is 636. The van der Waals surface area contributed by atoms with E-state index >= 15 is 0 Å². The van der Waals surface area contributed by atoms with E-state index in [4.69, 9.17) is 5.11 Å². The largest absolute Gasteiger partial charge is 0.438 e. The highest BCUT2D eigenvalue weighted by Gasteiger charge is 2.99. The second-order valence-corrected chi connectivity index (χ2v) is 5.49. The van der Waals surface area contributed by atoms with Crippen molar-refractivity contribution >= 4 is 0 Å². The maximum atomic E-state index is 13.6. The van der Waals surface area contributed by atoms with Crippen molar-refractivity contribution in [3.63, 3.8) is 0 Å². The molecule has 2 atom stereocenters. The number of hydrogen-bond acceptors (Lipinski definition) is 1. The molecule has 31 heavy (non-hydrogen) atoms. The molecule has 21 heteroatoms. The fraction of sp³-hybridized carbons (Fsp3) is 1.00. The molecule has 2 unspecified atom stereocenters. The molecule has 188 valence electrons. The Balaban J connectivity index is 7.44. The van der Waals surface area contributed by atoms with Gasteiger partial charge in [0, 0.05) is 0 Å². The number of halogens is 20. The lowest BCUT2D eigenvalue weighted by Crippen LogP contribution is -2.80. The molecular weight excluding hydrogens is 516 g/mol. The van der Waals surface area contributed by atoms with Crippen LogP contribution < -0.4 is 0 Å². The van der Waals surface area contributed by atoms with Crippen LogP contribution in [0.15, 0.2) is 0 Å². The van der Waals surface area contributed by atoms with Crippen molar-refractivity contribution in [2.75, 3.05) is 0 Å². The smallest absolute Gasteiger partial charge is 0.359 e. The van der Waals surface area contributed by atoms with Crippen molar-refractivity contribution in [2.24, 2.45) is 0 Å². The molecule has 0 saturated heterocycles. The maximum absolute atomic E-state index is 13.6. The van der Waals surface area contributed by atoms with E-state index in [2.05, 4.69) is 0 Å². The van der Waals surface area contributed by atoms with Gasteiger partial charge in [-0.15, -0.1) is 0 Å². The van der Waals surface area contributed by atoms with Crippen molar-refractivity contribution in [2.45, 2.75) is 59.9 Å². The number of alkyl halides is 20. The molecule has 0 aromatic rings. The molecule has 0 aromatic carbocycles. The monoisotopic (exact) mass is 518 g/mol. The average Bonchev–Trinajstić information content (AvgIpc) is 2.48. The van der Waals surface area contributed by atoms with Crippen LogP contribution in [0.4, 0.5) is 87.8 Å². The SMILES string of the molecule is OC(F)C(F)(F)C(F)(C(F)(F)F)C(F)(F)C(F)(F)C(F)(F)C(F)(C(F)(F)F)C(F)(F)F. The predicted octanol–water partition coefficient (Wildman–Crippen LogP) is 5.92. The Labute approximate surface area is 154 Å². The van der Waals surface area contributed by atoms with Crippen LogP contribution in [0.2, 0.25) is 0 Å². The van der Waals surface area contributed by atoms with E-state index in [-0.39, 0.29) is 0 Å². The van der Waals surface area contributed by atoms with E-state index in [1.165, 1.54) is 0 Å². The second-order valence-electron chi connectivity index (χ2n) is 5.49. The van der Waals surface area contributed by atoms with Crippen molar-refractivity contribution in [1.29, 1.82) is 0 Å². The first kappa shape index (κ1) is 29.6. The molecule has 1 N–H and O–H groups in total. The van der Waals surface area contributed by atoms with Crippen LogP contribution in [0.3, 0.4) is 0 Å². The van der Waals surface area contributed by atoms with E-state index in [0.29, 0.717) is 0 Å². The Morgan fingerprint density at radius 1 is 0.387 bits per heavy atom. The molecule has 0 bridgehead atoms. The minimum absolute atomic E-state index is 5.92. The van der Waals surface area contributed by atoms with Gasteiger partial charge in [0.1, 0.15) is 0 Å². The minimum Gasteiger partial charge on any atom is -0.359 e. The summed E-state index contributed by atoms with van der Waals surface area (Å²) in [5.74, 6) is -35.6. The van der Waals surface area contributed by atoms with Crippen LogP contribution in [0, 0.1) is 0 Å². The molecule has 0 rings (SSSR count). The molecule has 0 aliphatic heterocycles. The Hall–Kier alpha value is -1.44. The molecule has 0 aliphatic rings. The summed E-state index contributed by atoms with van der Waals surface area (Å²) in [7, 11) is 0. The van der Waals surface area contributed by atoms with Gasteiger partial charge in [-0.05, 0) is 0 Å². The highest BCUT2D eigenvalue weighted by Crippen LogP contribution is 2.67. The number of aliphatic hydroxyl groups excluding tert-OH is 1. The summed E-state index contributed by atoms with van der Waals surface area (Å²) in [5.41, 5.74) is -17.7. The third-order valence-electron chi connectivity index (χ3n) is 3.58. The van der Waals surface area contributed by atoms with Crippen molar-refractivity contribution in [3.8, 4) is 0 Å². The van der Waals surface area contributed by atoms with Crippen molar-refractivity contribution in [1.82, 2.24) is 0 Å². The van der Waals surface area contributed by atoms with Crippen LogP contribution in [0.25, 0.3) is 0 Å². The van der Waals surface area contributed by atoms with E-state index < -0.39 is 59.9 Å². The summed E-state index contributed by atoms with van der Waals surface area (Å²) in [6.45, 7) is 0. The third kappa shape index (κ3) is 3.44. The lowest BCUT2D eigenvalue weighted by molar-refractivity contribution is -0.476. The molecule has 0 aliphatic carbocycles. The van der Waals surface area contributed by atoms with Crippen LogP contribution in [-0.2, 0) is 0 Å². The summed E-state index contributed by atoms with van der Waals surface area (Å²) >= 11 is 0. The molecule has 0 fully saturated rings. The van der Waals surface area contributed by atoms with Gasteiger partial charge in [0.05, 0.1) is 0 Å². The lowest BCUT2D eigenvalue weighted by Gasteiger charge is -2.46. The first-order valence-corrected chi connectivity index (χ1v) is 6.36. The molecule has 0 heterocycles. The van der Waals surface area contributed by atoms with E-state index in [1.807, 2.05) is 0 Å². The zero-order valence-corrected chi connectivity index (χ0v) is 13.1. The minimum atomic E-state index is -9.26. The molecule has 1 nitrogen and oxygen atoms in total. The van der Waals surface area contributed by atoms with Crippen molar-refractivity contribution < 1.29 is 92.9 Å². The summed E-state index contributed by atoms with van der Waals surface area (Å²) < 4.78 is 255. The molecule has 0 radical (unpaired) electrons. The van der Waals surface area contributed by atoms with Gasteiger partial charge in [-0.2, -0.15) is 74.6 Å². The number of aliphatic hydroxyl groups is 1. The van der Waals surface area contributed by atoms with Crippen LogP contribution >= 0.6 is 0 Å². The lowest BCUT2D eigenvalue weighted by atomic mass is 9.79. The molecular formula is C10H2F20O. The Kier molecular flexibility index (Phi) is 6.70. The zero-order chi connectivity index (χ0) is 26.1. The zero-order valence-electron chi connectivity index (χ0n) is 13.1. The third-order valence-corrected chi connectivity index (χ3v) is 3.58. The molecule has 0 spiro atoms. The number of rotatable bonds is 6. The Morgan fingerprint density at radius 3 is 0.806 bits per heavy atom. The van der Waals surface area contributed by atoms with E-state index in [1.54, 1.807) is 0 Å². The first-order chi connectivity index (χ1) is 12.9. The van der Waals surface area contributed by atoms with Crippen molar-refractivity contribution in [3.05, 3.63) is 0 Å². The van der Waals surface area contributed by atoms with Gasteiger partial charge in [0.2, 0.25) is 0 Å². The van der Waals surface area contributed by atoms with Gasteiger partial charge < -0.3 is 5.11 Å². The maximum Gasteiger partial charge on any atom is 0.438 e. The molecule has 0 saturated carbocycles. The van der Waals surface area contributed by atoms with Gasteiger partial charge in [0.25, 0.3) is 6.36 Å². The molecule has 0 amide bonds. The van der Waals surface area contributed by atoms with Gasteiger partial charge in [-0.25, -0.2) is 13.2 Å². The fourth-order valence-corrected chi connectivity index (χ4v) is 1.89. The Morgan fingerprint density at radius 2 is 0.613 bits per heavy atom. The average molecular weight is 518 g/mol. The summed E-state index contributed by atoms with van der Waals surface area (Å²) in [6, 6.07) is 0. The summed E-state index contributed by atoms with van der Waals surface area (Å²) in [6.07, 6.45) is -31.1. The second kappa shape index (κ2) is 7.03. The summed E-state index contributed by atoms with van der Waals surface area (Å²) in [5, 5.41) is 7.67. The highest BCUT2D eigenvalue weighted by atomic mass is 19.4. The van der Waals surface area contributed by atoms with Crippen LogP contribution in [0.5, 0.6) is 0 Å². The van der Waals surface area contributed by atoms with E-state index in [9.17, 15) is 87.8 Å². The van der Waals surface area contributed by atoms with Crippen LogP contribution in [0.1, 0.15) is 0 Å². The quantitative estimate of drug-likeness (QED) is 0.434. The van der Waals surface area contributed by atoms with Gasteiger partial charge in [0.15, 0.2) is 0 Å². The van der Waals surface area contributed by atoms with E-state index in [0.717, 1.165) is 0 Å². The van der Waals surface area contributed by atoms with Crippen LogP contribution in [-0.4, -0.2) is 65.0 Å². The number of hydrogen-bond donors (Lipinski definition) is 1. The predicted molar refractivity (Wildman–Crippen MR) is 52.7 cm³/mol. The van der Waals surface area contributed by atoms with Gasteiger partial charge in [-0.3, -0.25) is 0 Å². The molecule has 0 aromatic heterocycles. The topological polar surface area (TPSA) is 20.2 Å². The first-order valence-electron chi connectivity index (χ1n) is 6.36. The highest BCUT2D eigenvalue weighted by molar-refractivity contribution is 5.22. The normalized spacial score (nSPS) is 19.3. The standard InChI is InChI=1S/C10H2F20O/c11-1(31)2(12,13)3(14,8(22,23)24)5(16,17)7(20,21)6(18,19)4(15,9(25,26)27)10(28,29)30/h1,31H. The van der Waals surface area contributed by atoms with Gasteiger partial charge in [-0.1, -0.05) is 0 Å². The van der Waals surface area contributed by atoms with Gasteiger partial charge >= 0.3 is 53.6 Å². The fourth-order valence-electron chi connectivity index (χ4n) is 1.89. The summed E-state index contributed by atoms with van der Waals surface area (Å²) in [4.78, 5) is 0.